The van der Waals surface area contributed by atoms with Crippen LogP contribution in [0, 0.1) is 0 Å². The van der Waals surface area contributed by atoms with Crippen LogP contribution >= 0.6 is 0 Å². The number of amides is 1. The fourth-order valence-electron chi connectivity index (χ4n) is 0.680. The third-order valence-electron chi connectivity index (χ3n) is 1.41. The van der Waals surface area contributed by atoms with Gasteiger partial charge in [-0.15, -0.1) is 0 Å². The molecule has 0 bridgehead atoms. The summed E-state index contributed by atoms with van der Waals surface area (Å²) in [5.74, 6) is -0.968. The molecule has 0 aliphatic heterocycles. The van der Waals surface area contributed by atoms with Crippen LogP contribution in [0.3, 0.4) is 0 Å². The molecule has 0 rings (SSSR count). The van der Waals surface area contributed by atoms with Crippen LogP contribution in [0.5, 0.6) is 0 Å². The average molecular weight is 227 g/mol. The van der Waals surface area contributed by atoms with Crippen molar-refractivity contribution in [2.45, 2.75) is 12.5 Å². The molecule has 0 fully saturated rings. The van der Waals surface area contributed by atoms with E-state index in [0.717, 1.165) is 0 Å². The highest BCUT2D eigenvalue weighted by Crippen LogP contribution is 1.87. The zero-order valence-electron chi connectivity index (χ0n) is 7.51. The van der Waals surface area contributed by atoms with Crippen molar-refractivity contribution < 1.29 is 22.9 Å². The molecule has 0 heterocycles. The Hall–Kier alpha value is -0.700. The van der Waals surface area contributed by atoms with E-state index in [1.807, 2.05) is 0 Å². The number of nitrogens with one attached hydrogen (secondary N) is 1. The van der Waals surface area contributed by atoms with E-state index in [-0.39, 0.29) is 13.0 Å². The Balaban J connectivity index is 3.61. The first kappa shape index (κ1) is 13.3. The van der Waals surface area contributed by atoms with E-state index in [1.54, 1.807) is 0 Å². The zero-order valence-corrected chi connectivity index (χ0v) is 8.33. The first-order valence-corrected chi connectivity index (χ1v) is 5.57. The third-order valence-corrected chi connectivity index (χ3v) is 2.22. The lowest BCUT2D eigenvalue weighted by Gasteiger charge is -2.08. The molecular weight excluding hydrogens is 213 g/mol. The van der Waals surface area contributed by atoms with Crippen LogP contribution in [-0.2, 0) is 14.9 Å². The molecule has 14 heavy (non-hydrogen) atoms. The largest absolute Gasteiger partial charge is 0.394 e. The molecule has 8 heteroatoms. The van der Waals surface area contributed by atoms with E-state index in [2.05, 4.69) is 5.32 Å². The zero-order chi connectivity index (χ0) is 11.2. The van der Waals surface area contributed by atoms with Crippen LogP contribution in [0.2, 0.25) is 0 Å². The van der Waals surface area contributed by atoms with Gasteiger partial charge in [0.25, 0.3) is 10.1 Å². The number of nitrogens with two attached hydrogens (primary N) is 1. The van der Waals surface area contributed by atoms with Gasteiger partial charge in [-0.2, -0.15) is 8.42 Å². The van der Waals surface area contributed by atoms with E-state index >= 15 is 0 Å². The first-order valence-electron chi connectivity index (χ1n) is 3.96. The van der Waals surface area contributed by atoms with Crippen molar-refractivity contribution in [2.24, 2.45) is 5.73 Å². The second kappa shape index (κ2) is 5.91. The summed E-state index contributed by atoms with van der Waals surface area (Å²) in [6, 6.07) is -0.999. The molecule has 0 spiro atoms. The molecule has 5 N–H and O–H groups in total. The lowest BCUT2D eigenvalue weighted by Crippen LogP contribution is -2.43. The number of carbonyl (C=O) groups is 1. The summed E-state index contributed by atoms with van der Waals surface area (Å²) in [6.45, 7) is -0.379. The molecule has 0 aliphatic rings. The van der Waals surface area contributed by atoms with Gasteiger partial charge in [0.05, 0.1) is 12.4 Å². The van der Waals surface area contributed by atoms with Crippen molar-refractivity contribution in [1.82, 2.24) is 5.32 Å². The maximum atomic E-state index is 10.9. The molecule has 0 aromatic heterocycles. The van der Waals surface area contributed by atoms with Crippen LogP contribution in [0.1, 0.15) is 6.42 Å². The van der Waals surface area contributed by atoms with E-state index in [1.165, 1.54) is 0 Å². The van der Waals surface area contributed by atoms with Crippen LogP contribution in [0.4, 0.5) is 0 Å². The van der Waals surface area contributed by atoms with Gasteiger partial charge in [-0.1, -0.05) is 0 Å². The molecule has 7 nitrogen and oxygen atoms in total. The number of aliphatic hydroxyl groups is 1. The van der Waals surface area contributed by atoms with E-state index < -0.39 is 34.4 Å². The number of rotatable bonds is 6. The van der Waals surface area contributed by atoms with Crippen molar-refractivity contribution in [3.63, 3.8) is 0 Å². The first-order chi connectivity index (χ1) is 6.37. The summed E-state index contributed by atoms with van der Waals surface area (Å²) in [5.41, 5.74) is 5.15. The van der Waals surface area contributed by atoms with Crippen molar-refractivity contribution in [1.29, 1.82) is 0 Å². The second-order valence-electron chi connectivity index (χ2n) is 2.72. The molecule has 0 aromatic carbocycles. The van der Waals surface area contributed by atoms with Crippen molar-refractivity contribution in [3.05, 3.63) is 0 Å². The summed E-state index contributed by atoms with van der Waals surface area (Å²) in [6.07, 6.45) is 0.0999. The van der Waals surface area contributed by atoms with Gasteiger partial charge in [-0.25, -0.2) is 0 Å². The normalized spacial score (nSPS) is 13.6. The van der Waals surface area contributed by atoms with Gasteiger partial charge in [0.15, 0.2) is 0 Å². The quantitative estimate of drug-likeness (QED) is 0.298. The van der Waals surface area contributed by atoms with Gasteiger partial charge < -0.3 is 16.2 Å². The lowest BCUT2D eigenvalue weighted by atomic mass is 10.3. The topological polar surface area (TPSA) is 130 Å². The van der Waals surface area contributed by atoms with Crippen molar-refractivity contribution in [2.75, 3.05) is 18.9 Å². The van der Waals surface area contributed by atoms with Gasteiger partial charge in [0.1, 0.15) is 6.04 Å². The maximum absolute atomic E-state index is 10.9. The van der Waals surface area contributed by atoms with Crippen molar-refractivity contribution in [3.8, 4) is 0 Å². The Morgan fingerprint density at radius 1 is 1.57 bits per heavy atom. The third kappa shape index (κ3) is 6.78. The second-order valence-corrected chi connectivity index (χ2v) is 4.29. The molecule has 1 atom stereocenters. The Bertz CT molecular complexity index is 276. The molecule has 0 aliphatic carbocycles. The standard InChI is InChI=1S/C6H14N2O5S/c7-5(4-9)6(10)8-2-1-3-14(11,12)13/h5,9H,1-4,7H2,(H,8,10)(H,11,12,13)/t5-/m0/s1/i10+1. The van der Waals surface area contributed by atoms with Gasteiger partial charge in [0, 0.05) is 6.54 Å². The van der Waals surface area contributed by atoms with Gasteiger partial charge in [0.2, 0.25) is 5.91 Å². The smallest absolute Gasteiger partial charge is 0.264 e. The van der Waals surface area contributed by atoms with Crippen LogP contribution in [-0.4, -0.2) is 48.9 Å². The van der Waals surface area contributed by atoms with Crippen molar-refractivity contribution >= 4 is 16.0 Å². The molecule has 0 radical (unpaired) electrons. The Labute approximate surface area is 82.0 Å². The fraction of sp³-hybridized carbons (Fsp3) is 0.833. The van der Waals surface area contributed by atoms with Crippen LogP contribution in [0.15, 0.2) is 0 Å². The lowest BCUT2D eigenvalue weighted by molar-refractivity contribution is -0.123. The number of carbonyl (C=O) groups excluding carboxylic acids is 1. The maximum Gasteiger partial charge on any atom is 0.264 e. The molecule has 1 amide bonds. The minimum Gasteiger partial charge on any atom is -0.394 e. The molecule has 0 aromatic rings. The predicted octanol–water partition coefficient (Wildman–Crippen LogP) is -2.30. The summed E-state index contributed by atoms with van der Waals surface area (Å²) in [4.78, 5) is 10.9. The Kier molecular flexibility index (Phi) is 5.62. The van der Waals surface area contributed by atoms with E-state index in [9.17, 15) is 13.2 Å². The minimum absolute atomic E-state index is 0.0896. The highest BCUT2D eigenvalue weighted by atomic mass is 32.2. The predicted molar refractivity (Wildman–Crippen MR) is 49.1 cm³/mol. The highest BCUT2D eigenvalue weighted by Gasteiger charge is 2.11. The Morgan fingerprint density at radius 2 is 2.14 bits per heavy atom. The summed E-state index contributed by atoms with van der Waals surface area (Å²) in [5, 5.41) is 10.8. The fourth-order valence-corrected chi connectivity index (χ4v) is 1.19. The van der Waals surface area contributed by atoms with Crippen LogP contribution < -0.4 is 11.1 Å². The monoisotopic (exact) mass is 227 g/mol. The van der Waals surface area contributed by atoms with Crippen LogP contribution in [0.25, 0.3) is 0 Å². The van der Waals surface area contributed by atoms with E-state index in [0.29, 0.717) is 0 Å². The number of hydrogen-bond acceptors (Lipinski definition) is 5. The molecular formula is C6H14N2O5S. The summed E-state index contributed by atoms with van der Waals surface area (Å²) >= 11 is 0. The molecule has 0 unspecified atom stereocenters. The number of hydrogen-bond donors (Lipinski definition) is 4. The van der Waals surface area contributed by atoms with E-state index in [4.69, 9.17) is 15.4 Å². The van der Waals surface area contributed by atoms with Gasteiger partial charge in [-0.3, -0.25) is 9.35 Å². The molecule has 0 saturated carbocycles. The minimum atomic E-state index is -3.98. The Morgan fingerprint density at radius 3 is 2.57 bits per heavy atom. The molecule has 84 valence electrons. The SMILES string of the molecule is N[C@@H](CO)C(=[17O])NCCCS(=O)(=O)O. The van der Waals surface area contributed by atoms with Gasteiger partial charge in [-0.05, 0) is 6.42 Å². The van der Waals surface area contributed by atoms with Gasteiger partial charge >= 0.3 is 0 Å². The summed E-state index contributed by atoms with van der Waals surface area (Å²) in [7, 11) is -3.98. The average Bonchev–Trinajstić information content (AvgIpc) is 2.09. The highest BCUT2D eigenvalue weighted by molar-refractivity contribution is 7.85. The molecule has 0 saturated heterocycles. The number of aliphatic hydroxyl groups excluding tert-OH is 1. The summed E-state index contributed by atoms with van der Waals surface area (Å²) < 4.78 is 28.8.